The van der Waals surface area contributed by atoms with Crippen LogP contribution in [0.4, 0.5) is 0 Å². The molecule has 0 aromatic heterocycles. The van der Waals surface area contributed by atoms with Gasteiger partial charge in [-0.2, -0.15) is 0 Å². The Morgan fingerprint density at radius 1 is 1.58 bits per heavy atom. The molecular weight excluding hydrogens is 162 g/mol. The summed E-state index contributed by atoms with van der Waals surface area (Å²) in [6.07, 6.45) is 0.314. The lowest BCUT2D eigenvalue weighted by Gasteiger charge is -2.07. The second-order valence-electron chi connectivity index (χ2n) is 2.33. The maximum atomic E-state index is 10.8. The summed E-state index contributed by atoms with van der Waals surface area (Å²) in [4.78, 5) is 20.8. The number of carbonyl (C=O) groups excluding carboxylic acids is 1. The van der Waals surface area contributed by atoms with E-state index in [1.165, 1.54) is 0 Å². The lowest BCUT2D eigenvalue weighted by molar-refractivity contribution is -0.147. The van der Waals surface area contributed by atoms with E-state index in [2.05, 4.69) is 4.74 Å². The van der Waals surface area contributed by atoms with Crippen LogP contribution in [-0.4, -0.2) is 29.7 Å². The first-order valence-corrected chi connectivity index (χ1v) is 3.72. The van der Waals surface area contributed by atoms with E-state index in [1.54, 1.807) is 6.92 Å². The van der Waals surface area contributed by atoms with Crippen molar-refractivity contribution in [3.63, 3.8) is 0 Å². The van der Waals surface area contributed by atoms with Gasteiger partial charge < -0.3 is 15.6 Å². The van der Waals surface area contributed by atoms with Gasteiger partial charge in [0.15, 0.2) is 0 Å². The number of carboxylic acid groups (broad SMARTS) is 1. The van der Waals surface area contributed by atoms with Gasteiger partial charge in [-0.3, -0.25) is 9.59 Å². The third-order valence-corrected chi connectivity index (χ3v) is 1.30. The van der Waals surface area contributed by atoms with Gasteiger partial charge >= 0.3 is 11.9 Å². The maximum absolute atomic E-state index is 10.8. The van der Waals surface area contributed by atoms with Crippen LogP contribution in [-0.2, 0) is 14.3 Å². The molecule has 1 unspecified atom stereocenters. The van der Waals surface area contributed by atoms with Gasteiger partial charge in [-0.15, -0.1) is 0 Å². The Morgan fingerprint density at radius 2 is 2.17 bits per heavy atom. The van der Waals surface area contributed by atoms with Crippen LogP contribution in [0.25, 0.3) is 0 Å². The molecule has 0 rings (SSSR count). The summed E-state index contributed by atoms with van der Waals surface area (Å²) in [5.41, 5.74) is 5.31. The van der Waals surface area contributed by atoms with E-state index < -0.39 is 18.0 Å². The normalized spacial score (nSPS) is 12.2. The second kappa shape index (κ2) is 5.54. The fourth-order valence-electron chi connectivity index (χ4n) is 0.513. The number of hydrogen-bond donors (Lipinski definition) is 2. The monoisotopic (exact) mass is 175 g/mol. The lowest BCUT2D eigenvalue weighted by Crippen LogP contribution is -2.31. The maximum Gasteiger partial charge on any atom is 0.322 e. The molecular formula is C7H13NO4. The number of hydrogen-bond acceptors (Lipinski definition) is 4. The predicted molar refractivity (Wildman–Crippen MR) is 41.5 cm³/mol. The third kappa shape index (κ3) is 4.68. The van der Waals surface area contributed by atoms with E-state index in [-0.39, 0.29) is 13.0 Å². The zero-order chi connectivity index (χ0) is 9.56. The Kier molecular flexibility index (Phi) is 5.03. The molecule has 0 radical (unpaired) electrons. The molecule has 0 aromatic carbocycles. The second-order valence-corrected chi connectivity index (χ2v) is 2.33. The average molecular weight is 175 g/mol. The van der Waals surface area contributed by atoms with Crippen molar-refractivity contribution in [3.8, 4) is 0 Å². The summed E-state index contributed by atoms with van der Waals surface area (Å²) in [6, 6.07) is -0.640. The zero-order valence-electron chi connectivity index (χ0n) is 6.95. The SMILES string of the molecule is CCC(N)C(=O)OCCC(=O)O. The van der Waals surface area contributed by atoms with Crippen LogP contribution in [0.15, 0.2) is 0 Å². The molecule has 0 aliphatic carbocycles. The van der Waals surface area contributed by atoms with E-state index in [4.69, 9.17) is 10.8 Å². The van der Waals surface area contributed by atoms with E-state index >= 15 is 0 Å². The number of esters is 1. The minimum atomic E-state index is -0.993. The molecule has 0 saturated heterocycles. The van der Waals surface area contributed by atoms with Crippen molar-refractivity contribution in [3.05, 3.63) is 0 Å². The summed E-state index contributed by atoms with van der Waals surface area (Å²) in [6.45, 7) is 1.64. The number of ether oxygens (including phenoxy) is 1. The van der Waals surface area contributed by atoms with Crippen molar-refractivity contribution < 1.29 is 19.4 Å². The van der Waals surface area contributed by atoms with Crippen LogP contribution in [0.1, 0.15) is 19.8 Å². The minimum Gasteiger partial charge on any atom is -0.481 e. The van der Waals surface area contributed by atoms with Crippen LogP contribution in [0.3, 0.4) is 0 Å². The van der Waals surface area contributed by atoms with Crippen LogP contribution in [0, 0.1) is 0 Å². The summed E-state index contributed by atoms with van der Waals surface area (Å²) in [7, 11) is 0. The highest BCUT2D eigenvalue weighted by Gasteiger charge is 2.12. The number of carboxylic acids is 1. The van der Waals surface area contributed by atoms with Crippen molar-refractivity contribution in [2.75, 3.05) is 6.61 Å². The molecule has 70 valence electrons. The van der Waals surface area contributed by atoms with Gasteiger partial charge in [-0.25, -0.2) is 0 Å². The number of aliphatic carboxylic acids is 1. The molecule has 5 heteroatoms. The summed E-state index contributed by atoms with van der Waals surface area (Å²) < 4.78 is 4.56. The molecule has 0 heterocycles. The van der Waals surface area contributed by atoms with Crippen LogP contribution < -0.4 is 5.73 Å². The van der Waals surface area contributed by atoms with E-state index in [0.29, 0.717) is 6.42 Å². The van der Waals surface area contributed by atoms with Gasteiger partial charge in [0.2, 0.25) is 0 Å². The van der Waals surface area contributed by atoms with Crippen molar-refractivity contribution in [1.29, 1.82) is 0 Å². The molecule has 0 amide bonds. The summed E-state index contributed by atoms with van der Waals surface area (Å²) in [5.74, 6) is -1.54. The van der Waals surface area contributed by atoms with Crippen molar-refractivity contribution in [2.45, 2.75) is 25.8 Å². The molecule has 0 bridgehead atoms. The number of rotatable bonds is 5. The molecule has 3 N–H and O–H groups in total. The molecule has 0 saturated carbocycles. The standard InChI is InChI=1S/C7H13NO4/c1-2-5(8)7(11)12-4-3-6(9)10/h5H,2-4,8H2,1H3,(H,9,10). The molecule has 0 aromatic rings. The molecule has 0 aliphatic rings. The first-order valence-electron chi connectivity index (χ1n) is 3.72. The van der Waals surface area contributed by atoms with Gasteiger partial charge in [0.25, 0.3) is 0 Å². The fraction of sp³-hybridized carbons (Fsp3) is 0.714. The van der Waals surface area contributed by atoms with E-state index in [1.807, 2.05) is 0 Å². The molecule has 12 heavy (non-hydrogen) atoms. The Bertz CT molecular complexity index is 169. The number of nitrogens with two attached hydrogens (primary N) is 1. The van der Waals surface area contributed by atoms with Gasteiger partial charge in [-0.1, -0.05) is 6.92 Å². The van der Waals surface area contributed by atoms with Crippen LogP contribution in [0.5, 0.6) is 0 Å². The average Bonchev–Trinajstić information content (AvgIpc) is 2.02. The summed E-state index contributed by atoms with van der Waals surface area (Å²) in [5, 5.41) is 8.20. The molecule has 5 nitrogen and oxygen atoms in total. The Morgan fingerprint density at radius 3 is 2.58 bits per heavy atom. The van der Waals surface area contributed by atoms with Gasteiger partial charge in [0.1, 0.15) is 12.6 Å². The quantitative estimate of drug-likeness (QED) is 0.562. The third-order valence-electron chi connectivity index (χ3n) is 1.30. The Hall–Kier alpha value is -1.10. The van der Waals surface area contributed by atoms with Gasteiger partial charge in [0.05, 0.1) is 6.42 Å². The van der Waals surface area contributed by atoms with Crippen molar-refractivity contribution >= 4 is 11.9 Å². The van der Waals surface area contributed by atoms with Gasteiger partial charge in [0, 0.05) is 0 Å². The van der Waals surface area contributed by atoms with Gasteiger partial charge in [-0.05, 0) is 6.42 Å². The predicted octanol–water partition coefficient (Wildman–Crippen LogP) is -0.258. The summed E-state index contributed by atoms with van der Waals surface area (Å²) >= 11 is 0. The molecule has 0 spiro atoms. The highest BCUT2D eigenvalue weighted by atomic mass is 16.5. The Labute approximate surface area is 70.5 Å². The number of carbonyl (C=O) groups is 2. The fourth-order valence-corrected chi connectivity index (χ4v) is 0.513. The van der Waals surface area contributed by atoms with Crippen molar-refractivity contribution in [2.24, 2.45) is 5.73 Å². The first kappa shape index (κ1) is 10.9. The molecule has 0 aliphatic heterocycles. The lowest BCUT2D eigenvalue weighted by atomic mass is 10.2. The smallest absolute Gasteiger partial charge is 0.322 e. The first-order chi connectivity index (χ1) is 5.57. The topological polar surface area (TPSA) is 89.6 Å². The Balaban J connectivity index is 3.50. The molecule has 0 fully saturated rings. The largest absolute Gasteiger partial charge is 0.481 e. The van der Waals surface area contributed by atoms with E-state index in [0.717, 1.165) is 0 Å². The molecule has 1 atom stereocenters. The highest BCUT2D eigenvalue weighted by Crippen LogP contribution is 1.91. The van der Waals surface area contributed by atoms with Crippen LogP contribution in [0.2, 0.25) is 0 Å². The highest BCUT2D eigenvalue weighted by molar-refractivity contribution is 5.75. The van der Waals surface area contributed by atoms with Crippen molar-refractivity contribution in [1.82, 2.24) is 0 Å². The minimum absolute atomic E-state index is 0.109. The van der Waals surface area contributed by atoms with Crippen LogP contribution >= 0.6 is 0 Å². The zero-order valence-corrected chi connectivity index (χ0v) is 6.95. The van der Waals surface area contributed by atoms with E-state index in [9.17, 15) is 9.59 Å².